The monoisotopic (exact) mass is 232 g/mol. The highest BCUT2D eigenvalue weighted by atomic mass is 16.1. The minimum absolute atomic E-state index is 0.0303. The fraction of sp³-hybridized carbons (Fsp3) is 0.500. The van der Waals surface area contributed by atoms with E-state index in [0.717, 1.165) is 30.1 Å². The average molecular weight is 232 g/mol. The van der Waals surface area contributed by atoms with Crippen molar-refractivity contribution in [1.82, 2.24) is 19.9 Å². The van der Waals surface area contributed by atoms with Gasteiger partial charge in [0.05, 0.1) is 0 Å². The fourth-order valence-corrected chi connectivity index (χ4v) is 2.03. The van der Waals surface area contributed by atoms with E-state index in [9.17, 15) is 4.79 Å². The third-order valence-corrected chi connectivity index (χ3v) is 3.33. The second kappa shape index (κ2) is 3.70. The highest BCUT2D eigenvalue weighted by molar-refractivity contribution is 5.42. The van der Waals surface area contributed by atoms with Gasteiger partial charge in [0.25, 0.3) is 5.56 Å². The molecule has 0 unspecified atom stereocenters. The highest BCUT2D eigenvalue weighted by Crippen LogP contribution is 2.18. The summed E-state index contributed by atoms with van der Waals surface area (Å²) in [6, 6.07) is 3.66. The van der Waals surface area contributed by atoms with Crippen LogP contribution in [0.3, 0.4) is 0 Å². The van der Waals surface area contributed by atoms with Gasteiger partial charge < -0.3 is 5.32 Å². The molecule has 0 bridgehead atoms. The number of aromatic nitrogens is 3. The molecule has 90 valence electrons. The number of pyridine rings is 1. The Labute approximate surface area is 98.9 Å². The van der Waals surface area contributed by atoms with Crippen LogP contribution in [0.4, 0.5) is 0 Å². The van der Waals surface area contributed by atoms with Gasteiger partial charge in [-0.05, 0) is 17.5 Å². The van der Waals surface area contributed by atoms with Gasteiger partial charge in [0.1, 0.15) is 5.82 Å². The van der Waals surface area contributed by atoms with E-state index >= 15 is 0 Å². The largest absolute Gasteiger partial charge is 0.315 e. The van der Waals surface area contributed by atoms with Crippen molar-refractivity contribution >= 4 is 5.65 Å². The minimum atomic E-state index is -0.0303. The van der Waals surface area contributed by atoms with Crippen LogP contribution in [0.25, 0.3) is 5.65 Å². The van der Waals surface area contributed by atoms with Gasteiger partial charge in [0, 0.05) is 25.1 Å². The number of hydrogen-bond acceptors (Lipinski definition) is 3. The molecule has 2 aromatic heterocycles. The van der Waals surface area contributed by atoms with E-state index in [1.807, 2.05) is 6.07 Å². The van der Waals surface area contributed by atoms with Crippen molar-refractivity contribution in [2.75, 3.05) is 13.1 Å². The standard InChI is InChI=1S/C12H16N4O/c1-7(2)8-3-10-14-12(9-5-13-6-9)15-16(10)11(17)4-8/h3-4,7,9,13H,5-6H2,1-2H3,(H,14,15). The van der Waals surface area contributed by atoms with Gasteiger partial charge in [-0.15, -0.1) is 0 Å². The van der Waals surface area contributed by atoms with Crippen LogP contribution in [-0.4, -0.2) is 27.7 Å². The van der Waals surface area contributed by atoms with Gasteiger partial charge in [-0.3, -0.25) is 9.89 Å². The molecule has 1 saturated heterocycles. The molecule has 2 N–H and O–H groups in total. The molecule has 2 aromatic rings. The van der Waals surface area contributed by atoms with E-state index < -0.39 is 0 Å². The Hall–Kier alpha value is -1.62. The molecule has 1 fully saturated rings. The molecule has 0 spiro atoms. The first-order valence-electron chi connectivity index (χ1n) is 5.98. The number of hydrogen-bond donors (Lipinski definition) is 2. The summed E-state index contributed by atoms with van der Waals surface area (Å²) in [5.41, 5.74) is 1.74. The van der Waals surface area contributed by atoms with Gasteiger partial charge in [-0.25, -0.2) is 9.50 Å². The molecule has 1 aliphatic heterocycles. The summed E-state index contributed by atoms with van der Waals surface area (Å²) >= 11 is 0. The molecule has 0 saturated carbocycles. The van der Waals surface area contributed by atoms with Crippen molar-refractivity contribution < 1.29 is 0 Å². The summed E-state index contributed by atoms with van der Waals surface area (Å²) in [6.45, 7) is 6.03. The molecular weight excluding hydrogens is 216 g/mol. The maximum atomic E-state index is 11.9. The van der Waals surface area contributed by atoms with Crippen molar-refractivity contribution in [3.63, 3.8) is 0 Å². The zero-order chi connectivity index (χ0) is 12.0. The predicted octanol–water partition coefficient (Wildman–Crippen LogP) is 0.833. The quantitative estimate of drug-likeness (QED) is 0.806. The van der Waals surface area contributed by atoms with Crippen LogP contribution < -0.4 is 10.9 Å². The van der Waals surface area contributed by atoms with Gasteiger partial charge in [-0.1, -0.05) is 13.8 Å². The molecule has 0 amide bonds. The average Bonchev–Trinajstić information content (AvgIpc) is 2.58. The Balaban J connectivity index is 2.14. The molecule has 1 aliphatic rings. The van der Waals surface area contributed by atoms with Crippen LogP contribution in [0.1, 0.15) is 37.1 Å². The van der Waals surface area contributed by atoms with Crippen molar-refractivity contribution in [1.29, 1.82) is 0 Å². The van der Waals surface area contributed by atoms with E-state index in [1.165, 1.54) is 4.52 Å². The zero-order valence-electron chi connectivity index (χ0n) is 10.0. The number of nitrogens with zero attached hydrogens (tertiary/aromatic N) is 2. The van der Waals surface area contributed by atoms with Crippen molar-refractivity contribution in [2.24, 2.45) is 0 Å². The van der Waals surface area contributed by atoms with Crippen LogP contribution >= 0.6 is 0 Å². The lowest BCUT2D eigenvalue weighted by molar-refractivity contribution is 0.430. The number of fused-ring (bicyclic) bond motifs is 1. The number of nitrogens with one attached hydrogen (secondary N) is 2. The third kappa shape index (κ3) is 1.67. The number of H-pyrrole nitrogens is 1. The molecule has 5 heteroatoms. The van der Waals surface area contributed by atoms with Crippen LogP contribution in [0, 0.1) is 0 Å². The summed E-state index contributed by atoms with van der Waals surface area (Å²) in [5, 5.41) is 6.29. The SMILES string of the molecule is CC(C)c1cc(=O)n2[nH]c(C3CNC3)nc2c1. The molecule has 3 rings (SSSR count). The molecule has 0 aromatic carbocycles. The molecule has 0 radical (unpaired) electrons. The molecule has 17 heavy (non-hydrogen) atoms. The Morgan fingerprint density at radius 2 is 2.18 bits per heavy atom. The first-order chi connectivity index (χ1) is 8.15. The summed E-state index contributed by atoms with van der Waals surface area (Å²) < 4.78 is 1.53. The normalized spacial score (nSPS) is 16.6. The molecule has 5 nitrogen and oxygen atoms in total. The van der Waals surface area contributed by atoms with Crippen molar-refractivity contribution in [3.05, 3.63) is 33.9 Å². The van der Waals surface area contributed by atoms with Crippen molar-refractivity contribution in [3.8, 4) is 0 Å². The van der Waals surface area contributed by atoms with E-state index in [-0.39, 0.29) is 5.56 Å². The van der Waals surface area contributed by atoms with Gasteiger partial charge >= 0.3 is 0 Å². The van der Waals surface area contributed by atoms with Crippen LogP contribution in [-0.2, 0) is 0 Å². The van der Waals surface area contributed by atoms with Gasteiger partial charge in [0.15, 0.2) is 5.65 Å². The lowest BCUT2D eigenvalue weighted by Gasteiger charge is -2.24. The second-order valence-corrected chi connectivity index (χ2v) is 4.94. The Bertz CT molecular complexity index is 606. The first-order valence-corrected chi connectivity index (χ1v) is 5.98. The van der Waals surface area contributed by atoms with Crippen LogP contribution in [0.15, 0.2) is 16.9 Å². The summed E-state index contributed by atoms with van der Waals surface area (Å²) in [7, 11) is 0. The smallest absolute Gasteiger partial charge is 0.271 e. The Kier molecular flexibility index (Phi) is 2.29. The summed E-state index contributed by atoms with van der Waals surface area (Å²) in [5.74, 6) is 1.66. The third-order valence-electron chi connectivity index (χ3n) is 3.33. The van der Waals surface area contributed by atoms with E-state index in [4.69, 9.17) is 0 Å². The topological polar surface area (TPSA) is 62.2 Å². The van der Waals surface area contributed by atoms with Crippen LogP contribution in [0.5, 0.6) is 0 Å². The molecule has 0 aliphatic carbocycles. The van der Waals surface area contributed by atoms with E-state index in [1.54, 1.807) is 6.07 Å². The number of aromatic amines is 1. The summed E-state index contributed by atoms with van der Waals surface area (Å²) in [4.78, 5) is 16.4. The predicted molar refractivity (Wildman–Crippen MR) is 65.5 cm³/mol. The summed E-state index contributed by atoms with van der Waals surface area (Å²) in [6.07, 6.45) is 0. The highest BCUT2D eigenvalue weighted by Gasteiger charge is 2.22. The second-order valence-electron chi connectivity index (χ2n) is 4.94. The Morgan fingerprint density at radius 1 is 1.41 bits per heavy atom. The van der Waals surface area contributed by atoms with E-state index in [0.29, 0.717) is 11.8 Å². The molecule has 0 atom stereocenters. The maximum Gasteiger partial charge on any atom is 0.271 e. The van der Waals surface area contributed by atoms with Crippen LogP contribution in [0.2, 0.25) is 0 Å². The maximum absolute atomic E-state index is 11.9. The zero-order valence-corrected chi connectivity index (χ0v) is 10.0. The van der Waals surface area contributed by atoms with E-state index in [2.05, 4.69) is 29.2 Å². The minimum Gasteiger partial charge on any atom is -0.315 e. The van der Waals surface area contributed by atoms with Crippen molar-refractivity contribution in [2.45, 2.75) is 25.7 Å². The lowest BCUT2D eigenvalue weighted by Crippen LogP contribution is -2.40. The molecular formula is C12H16N4O. The lowest BCUT2D eigenvalue weighted by atomic mass is 10.0. The van der Waals surface area contributed by atoms with Gasteiger partial charge in [-0.2, -0.15) is 0 Å². The first kappa shape index (κ1) is 10.5. The Morgan fingerprint density at radius 3 is 2.76 bits per heavy atom. The fourth-order valence-electron chi connectivity index (χ4n) is 2.03. The van der Waals surface area contributed by atoms with Gasteiger partial charge in [0.2, 0.25) is 0 Å². The number of rotatable bonds is 2. The molecule has 3 heterocycles.